The van der Waals surface area contributed by atoms with Crippen LogP contribution in [0.1, 0.15) is 32.3 Å². The van der Waals surface area contributed by atoms with Gasteiger partial charge in [0.1, 0.15) is 0 Å². The Labute approximate surface area is 122 Å². The highest BCUT2D eigenvalue weighted by Gasteiger charge is 2.08. The van der Waals surface area contributed by atoms with Crippen LogP contribution in [0.5, 0.6) is 11.5 Å². The van der Waals surface area contributed by atoms with Crippen LogP contribution >= 0.6 is 0 Å². The Morgan fingerprint density at radius 1 is 1.20 bits per heavy atom. The number of benzene rings is 1. The van der Waals surface area contributed by atoms with Crippen molar-refractivity contribution in [2.75, 3.05) is 27.4 Å². The van der Waals surface area contributed by atoms with E-state index in [0.717, 1.165) is 44.0 Å². The number of hydrogen-bond donors (Lipinski definition) is 1. The van der Waals surface area contributed by atoms with Crippen molar-refractivity contribution in [2.24, 2.45) is 0 Å². The van der Waals surface area contributed by atoms with Gasteiger partial charge in [0.2, 0.25) is 0 Å². The van der Waals surface area contributed by atoms with E-state index in [0.29, 0.717) is 0 Å². The van der Waals surface area contributed by atoms with Crippen LogP contribution in [0.25, 0.3) is 0 Å². The predicted octanol–water partition coefficient (Wildman–Crippen LogP) is 3.00. The molecule has 114 valence electrons. The zero-order chi connectivity index (χ0) is 14.8. The van der Waals surface area contributed by atoms with E-state index in [1.165, 1.54) is 5.56 Å². The Hall–Kier alpha value is -1.26. The van der Waals surface area contributed by atoms with Crippen LogP contribution in [-0.4, -0.2) is 33.5 Å². The molecule has 0 aliphatic carbocycles. The summed E-state index contributed by atoms with van der Waals surface area (Å²) in [6.45, 7) is 6.73. The number of hydrogen-bond acceptors (Lipinski definition) is 4. The number of rotatable bonds is 10. The van der Waals surface area contributed by atoms with Gasteiger partial charge in [-0.1, -0.05) is 13.0 Å². The summed E-state index contributed by atoms with van der Waals surface area (Å²) in [7, 11) is 3.40. The van der Waals surface area contributed by atoms with E-state index in [2.05, 4.69) is 25.2 Å². The van der Waals surface area contributed by atoms with E-state index in [1.807, 2.05) is 12.1 Å². The first-order valence-corrected chi connectivity index (χ1v) is 7.24. The number of methoxy groups -OCH3 is 2. The van der Waals surface area contributed by atoms with Gasteiger partial charge in [-0.2, -0.15) is 0 Å². The lowest BCUT2D eigenvalue weighted by Crippen LogP contribution is -2.16. The van der Waals surface area contributed by atoms with Crippen LogP contribution in [0, 0.1) is 0 Å². The third-order valence-corrected chi connectivity index (χ3v) is 3.16. The number of ether oxygens (including phenoxy) is 3. The maximum atomic E-state index is 5.84. The molecule has 1 unspecified atom stereocenters. The summed E-state index contributed by atoms with van der Waals surface area (Å²) < 4.78 is 16.3. The molecule has 1 aromatic carbocycles. The van der Waals surface area contributed by atoms with E-state index < -0.39 is 0 Å². The average molecular weight is 281 g/mol. The van der Waals surface area contributed by atoms with Crippen LogP contribution in [0.4, 0.5) is 0 Å². The quantitative estimate of drug-likeness (QED) is 0.669. The molecule has 0 bridgehead atoms. The molecule has 0 aromatic heterocycles. The van der Waals surface area contributed by atoms with E-state index >= 15 is 0 Å². The summed E-state index contributed by atoms with van der Waals surface area (Å²) >= 11 is 0. The minimum absolute atomic E-state index is 0.196. The lowest BCUT2D eigenvalue weighted by atomic mass is 10.2. The van der Waals surface area contributed by atoms with E-state index in [9.17, 15) is 0 Å². The minimum atomic E-state index is 0.196. The third-order valence-electron chi connectivity index (χ3n) is 3.16. The van der Waals surface area contributed by atoms with Crippen LogP contribution in [0.3, 0.4) is 0 Å². The second-order valence-corrected chi connectivity index (χ2v) is 4.85. The van der Waals surface area contributed by atoms with Crippen molar-refractivity contribution in [3.63, 3.8) is 0 Å². The molecule has 4 heteroatoms. The fourth-order valence-corrected chi connectivity index (χ4v) is 1.79. The fourth-order valence-electron chi connectivity index (χ4n) is 1.79. The second kappa shape index (κ2) is 9.61. The van der Waals surface area contributed by atoms with Gasteiger partial charge < -0.3 is 19.5 Å². The second-order valence-electron chi connectivity index (χ2n) is 4.85. The van der Waals surface area contributed by atoms with Crippen molar-refractivity contribution in [1.82, 2.24) is 5.32 Å². The molecule has 1 atom stereocenters. The number of nitrogens with one attached hydrogen (secondary N) is 1. The first-order valence-electron chi connectivity index (χ1n) is 7.24. The molecule has 0 aliphatic rings. The lowest BCUT2D eigenvalue weighted by molar-refractivity contribution is 0.194. The topological polar surface area (TPSA) is 39.7 Å². The van der Waals surface area contributed by atoms with Gasteiger partial charge in [0.25, 0.3) is 0 Å². The van der Waals surface area contributed by atoms with Gasteiger partial charge >= 0.3 is 0 Å². The Morgan fingerprint density at radius 3 is 2.65 bits per heavy atom. The van der Waals surface area contributed by atoms with Crippen molar-refractivity contribution >= 4 is 0 Å². The Balaban J connectivity index is 2.53. The van der Waals surface area contributed by atoms with E-state index in [1.54, 1.807) is 14.2 Å². The molecule has 0 fully saturated rings. The minimum Gasteiger partial charge on any atom is -0.493 e. The molecular formula is C16H27NO3. The van der Waals surface area contributed by atoms with Crippen molar-refractivity contribution < 1.29 is 14.2 Å². The molecule has 0 saturated carbocycles. The molecule has 1 N–H and O–H groups in total. The average Bonchev–Trinajstić information content (AvgIpc) is 2.48. The summed E-state index contributed by atoms with van der Waals surface area (Å²) in [5.74, 6) is 1.60. The standard InChI is InChI=1S/C16H27NO3/c1-5-13(2)20-15-8-7-14(11-16(15)19-4)12-17-9-6-10-18-3/h7-8,11,13,17H,5-6,9-10,12H2,1-4H3. The normalized spacial score (nSPS) is 12.2. The predicted molar refractivity (Wildman–Crippen MR) is 81.6 cm³/mol. The van der Waals surface area contributed by atoms with Gasteiger partial charge in [0, 0.05) is 20.3 Å². The molecule has 1 rings (SSSR count). The summed E-state index contributed by atoms with van der Waals surface area (Å²) in [6.07, 6.45) is 2.19. The molecule has 20 heavy (non-hydrogen) atoms. The van der Waals surface area contributed by atoms with Crippen molar-refractivity contribution in [3.8, 4) is 11.5 Å². The fraction of sp³-hybridized carbons (Fsp3) is 0.625. The molecule has 0 radical (unpaired) electrons. The Kier molecular flexibility index (Phi) is 8.07. The van der Waals surface area contributed by atoms with Crippen molar-refractivity contribution in [3.05, 3.63) is 23.8 Å². The highest BCUT2D eigenvalue weighted by Crippen LogP contribution is 2.29. The molecular weight excluding hydrogens is 254 g/mol. The van der Waals surface area contributed by atoms with E-state index in [-0.39, 0.29) is 6.10 Å². The van der Waals surface area contributed by atoms with E-state index in [4.69, 9.17) is 14.2 Å². The first kappa shape index (κ1) is 16.8. The summed E-state index contributed by atoms with van der Waals surface area (Å²) in [5.41, 5.74) is 1.19. The molecule has 0 heterocycles. The van der Waals surface area contributed by atoms with Gasteiger partial charge in [0.15, 0.2) is 11.5 Å². The largest absolute Gasteiger partial charge is 0.493 e. The smallest absolute Gasteiger partial charge is 0.161 e. The van der Waals surface area contributed by atoms with Crippen LogP contribution in [-0.2, 0) is 11.3 Å². The maximum absolute atomic E-state index is 5.84. The Morgan fingerprint density at radius 2 is 2.00 bits per heavy atom. The molecule has 0 saturated heterocycles. The van der Waals surface area contributed by atoms with Gasteiger partial charge in [0.05, 0.1) is 13.2 Å². The lowest BCUT2D eigenvalue weighted by Gasteiger charge is -2.16. The zero-order valence-corrected chi connectivity index (χ0v) is 13.1. The molecule has 0 amide bonds. The zero-order valence-electron chi connectivity index (χ0n) is 13.1. The third kappa shape index (κ3) is 5.80. The van der Waals surface area contributed by atoms with Crippen molar-refractivity contribution in [1.29, 1.82) is 0 Å². The van der Waals surface area contributed by atoms with Gasteiger partial charge in [-0.05, 0) is 44.0 Å². The SMILES string of the molecule is CCC(C)Oc1ccc(CNCCCOC)cc1OC. The van der Waals surface area contributed by atoms with Crippen LogP contribution < -0.4 is 14.8 Å². The highest BCUT2D eigenvalue weighted by molar-refractivity contribution is 5.43. The maximum Gasteiger partial charge on any atom is 0.161 e. The van der Waals surface area contributed by atoms with Gasteiger partial charge in [-0.15, -0.1) is 0 Å². The van der Waals surface area contributed by atoms with Crippen LogP contribution in [0.2, 0.25) is 0 Å². The van der Waals surface area contributed by atoms with Gasteiger partial charge in [-0.25, -0.2) is 0 Å². The summed E-state index contributed by atoms with van der Waals surface area (Å²) in [4.78, 5) is 0. The molecule has 1 aromatic rings. The van der Waals surface area contributed by atoms with Crippen LogP contribution in [0.15, 0.2) is 18.2 Å². The first-order chi connectivity index (χ1) is 9.71. The van der Waals surface area contributed by atoms with Gasteiger partial charge in [-0.3, -0.25) is 0 Å². The molecule has 4 nitrogen and oxygen atoms in total. The monoisotopic (exact) mass is 281 g/mol. The summed E-state index contributed by atoms with van der Waals surface area (Å²) in [6, 6.07) is 6.09. The molecule has 0 spiro atoms. The molecule has 0 aliphatic heterocycles. The summed E-state index contributed by atoms with van der Waals surface area (Å²) in [5, 5.41) is 3.38. The van der Waals surface area contributed by atoms with Crippen molar-refractivity contribution in [2.45, 2.75) is 39.3 Å². The Bertz CT molecular complexity index is 382. The highest BCUT2D eigenvalue weighted by atomic mass is 16.5.